The summed E-state index contributed by atoms with van der Waals surface area (Å²) in [4.78, 5) is 43.8. The van der Waals surface area contributed by atoms with Crippen molar-refractivity contribution in [2.45, 2.75) is 78.8 Å². The number of aromatic nitrogens is 3. The summed E-state index contributed by atoms with van der Waals surface area (Å²) in [5.74, 6) is 0.650. The lowest BCUT2D eigenvalue weighted by molar-refractivity contribution is -0.152. The van der Waals surface area contributed by atoms with Crippen molar-refractivity contribution in [2.75, 3.05) is 13.1 Å². The number of aliphatic hydroxyl groups is 1. The van der Waals surface area contributed by atoms with Crippen molar-refractivity contribution in [2.24, 2.45) is 13.0 Å². The summed E-state index contributed by atoms with van der Waals surface area (Å²) in [6.07, 6.45) is 2.60. The predicted octanol–water partition coefficient (Wildman–Crippen LogP) is 2.76. The molecule has 216 valence electrons. The van der Waals surface area contributed by atoms with Crippen LogP contribution in [0, 0.1) is 12.8 Å². The number of esters is 1. The zero-order valence-electron chi connectivity index (χ0n) is 24.3. The normalized spacial score (nSPS) is 17.3. The molecule has 0 spiro atoms. The Bertz CT molecular complexity index is 1410. The number of benzene rings is 1. The van der Waals surface area contributed by atoms with E-state index in [-0.39, 0.29) is 23.5 Å². The largest absolute Gasteiger partial charge is 0.462 e. The molecule has 1 aromatic carbocycles. The standard InChI is InChI=1S/C30H41N5O5/c1-18(2)40-30(39)27(20(4)36)31-14-22-9-10-26-25(13-22)32-28(24-12-19(3)29(38)33(6)17-24)35(26)16-23-8-7-11-34(15-23)21(5)37/h9-10,12-13,17-18,20,23,27,31,36H,7-8,11,14-16H2,1-6H3/t20-,23-,27+/m1/s1. The third-order valence-corrected chi connectivity index (χ3v) is 7.45. The van der Waals surface area contributed by atoms with Crippen molar-refractivity contribution in [1.29, 1.82) is 0 Å². The summed E-state index contributed by atoms with van der Waals surface area (Å²) < 4.78 is 9.07. The first-order valence-corrected chi connectivity index (χ1v) is 14.0. The fraction of sp³-hybridized carbons (Fsp3) is 0.533. The molecule has 3 heterocycles. The number of piperidine rings is 1. The molecular weight excluding hydrogens is 510 g/mol. The molecule has 0 radical (unpaired) electrons. The lowest BCUT2D eigenvalue weighted by Gasteiger charge is -2.32. The van der Waals surface area contributed by atoms with Gasteiger partial charge in [-0.1, -0.05) is 6.07 Å². The van der Waals surface area contributed by atoms with Crippen LogP contribution >= 0.6 is 0 Å². The van der Waals surface area contributed by atoms with Gasteiger partial charge in [0, 0.05) is 57.5 Å². The highest BCUT2D eigenvalue weighted by molar-refractivity contribution is 5.81. The molecule has 1 saturated heterocycles. The number of aryl methyl sites for hydroxylation is 2. The van der Waals surface area contributed by atoms with Crippen LogP contribution in [0.25, 0.3) is 22.4 Å². The van der Waals surface area contributed by atoms with Gasteiger partial charge in [0.25, 0.3) is 5.56 Å². The maximum absolute atomic E-state index is 12.5. The Morgan fingerprint density at radius 2 is 1.98 bits per heavy atom. The minimum atomic E-state index is -0.918. The number of pyridine rings is 1. The van der Waals surface area contributed by atoms with Crippen LogP contribution in [-0.2, 0) is 34.5 Å². The van der Waals surface area contributed by atoms with Gasteiger partial charge in [0.05, 0.1) is 23.2 Å². The summed E-state index contributed by atoms with van der Waals surface area (Å²) in [5.41, 5.74) is 4.09. The van der Waals surface area contributed by atoms with Gasteiger partial charge in [0.2, 0.25) is 5.91 Å². The van der Waals surface area contributed by atoms with Crippen molar-refractivity contribution in [3.05, 3.63) is 51.9 Å². The van der Waals surface area contributed by atoms with Crippen LogP contribution in [0.1, 0.15) is 51.7 Å². The fourth-order valence-electron chi connectivity index (χ4n) is 5.43. The highest BCUT2D eigenvalue weighted by Gasteiger charge is 2.27. The van der Waals surface area contributed by atoms with E-state index in [4.69, 9.17) is 9.72 Å². The summed E-state index contributed by atoms with van der Waals surface area (Å²) in [5, 5.41) is 13.3. The molecule has 0 unspecified atom stereocenters. The van der Waals surface area contributed by atoms with Gasteiger partial charge >= 0.3 is 5.97 Å². The molecule has 1 aliphatic heterocycles. The van der Waals surface area contributed by atoms with Crippen molar-refractivity contribution < 1.29 is 19.4 Å². The van der Waals surface area contributed by atoms with E-state index in [1.807, 2.05) is 35.4 Å². The zero-order chi connectivity index (χ0) is 29.1. The Morgan fingerprint density at radius 1 is 1.23 bits per heavy atom. The van der Waals surface area contributed by atoms with Crippen molar-refractivity contribution in [1.82, 2.24) is 24.3 Å². The maximum atomic E-state index is 12.5. The van der Waals surface area contributed by atoms with Gasteiger partial charge in [-0.05, 0) is 70.2 Å². The molecule has 0 bridgehead atoms. The second kappa shape index (κ2) is 12.3. The monoisotopic (exact) mass is 551 g/mol. The van der Waals surface area contributed by atoms with Gasteiger partial charge < -0.3 is 23.9 Å². The number of nitrogens with one attached hydrogen (secondary N) is 1. The molecule has 40 heavy (non-hydrogen) atoms. The second-order valence-electron chi connectivity index (χ2n) is 11.3. The Labute approximate surface area is 235 Å². The third kappa shape index (κ3) is 6.62. The number of carbonyl (C=O) groups is 2. The minimum absolute atomic E-state index is 0.0483. The Morgan fingerprint density at radius 3 is 2.62 bits per heavy atom. The molecule has 0 aliphatic carbocycles. The molecule has 3 aromatic rings. The van der Waals surface area contributed by atoms with E-state index < -0.39 is 18.1 Å². The molecule has 2 aromatic heterocycles. The number of rotatable bonds is 9. The Kier molecular flexibility index (Phi) is 9.10. The first-order chi connectivity index (χ1) is 18.9. The lowest BCUT2D eigenvalue weighted by atomic mass is 9.97. The van der Waals surface area contributed by atoms with E-state index >= 15 is 0 Å². The smallest absolute Gasteiger partial charge is 0.326 e. The van der Waals surface area contributed by atoms with E-state index in [1.165, 1.54) is 0 Å². The molecular formula is C30H41N5O5. The van der Waals surface area contributed by atoms with Crippen LogP contribution in [0.3, 0.4) is 0 Å². The number of fused-ring (bicyclic) bond motifs is 1. The summed E-state index contributed by atoms with van der Waals surface area (Å²) in [6.45, 7) is 11.1. The van der Waals surface area contributed by atoms with Gasteiger partial charge in [-0.2, -0.15) is 0 Å². The van der Waals surface area contributed by atoms with Gasteiger partial charge in [-0.15, -0.1) is 0 Å². The molecule has 4 rings (SSSR count). The van der Waals surface area contributed by atoms with E-state index in [2.05, 4.69) is 9.88 Å². The number of aliphatic hydroxyl groups excluding tert-OH is 1. The number of ether oxygens (including phenoxy) is 1. The molecule has 1 aliphatic rings. The van der Waals surface area contributed by atoms with Gasteiger partial charge in [0.1, 0.15) is 11.9 Å². The number of imidazole rings is 1. The number of hydrogen-bond donors (Lipinski definition) is 2. The maximum Gasteiger partial charge on any atom is 0.326 e. The lowest BCUT2D eigenvalue weighted by Crippen LogP contribution is -2.46. The SMILES string of the molecule is CC(=O)N1CCC[C@@H](Cn2c(-c3cc(C)c(=O)n(C)c3)nc3cc(CN[C@H](C(=O)OC(C)C)[C@@H](C)O)ccc32)C1. The summed E-state index contributed by atoms with van der Waals surface area (Å²) in [7, 11) is 1.74. The van der Waals surface area contributed by atoms with Crippen LogP contribution < -0.4 is 10.9 Å². The number of carbonyl (C=O) groups excluding carboxylic acids is 2. The first-order valence-electron chi connectivity index (χ1n) is 14.0. The topological polar surface area (TPSA) is 119 Å². The fourth-order valence-corrected chi connectivity index (χ4v) is 5.43. The van der Waals surface area contributed by atoms with E-state index in [9.17, 15) is 19.5 Å². The van der Waals surface area contributed by atoms with E-state index in [0.717, 1.165) is 47.4 Å². The second-order valence-corrected chi connectivity index (χ2v) is 11.3. The van der Waals surface area contributed by atoms with Crippen LogP contribution in [0.2, 0.25) is 0 Å². The molecule has 10 heteroatoms. The third-order valence-electron chi connectivity index (χ3n) is 7.45. The molecule has 3 atom stereocenters. The van der Waals surface area contributed by atoms with Crippen LogP contribution in [0.5, 0.6) is 0 Å². The predicted molar refractivity (Wildman–Crippen MR) is 154 cm³/mol. The van der Waals surface area contributed by atoms with Gasteiger partial charge in [-0.3, -0.25) is 19.7 Å². The Balaban J connectivity index is 1.68. The highest BCUT2D eigenvalue weighted by Crippen LogP contribution is 2.29. The average molecular weight is 552 g/mol. The first kappa shape index (κ1) is 29.5. The van der Waals surface area contributed by atoms with Crippen LogP contribution in [0.15, 0.2) is 35.3 Å². The quantitative estimate of drug-likeness (QED) is 0.393. The van der Waals surface area contributed by atoms with Crippen molar-refractivity contribution >= 4 is 22.9 Å². The number of nitrogens with zero attached hydrogens (tertiary/aromatic N) is 4. The number of hydrogen-bond acceptors (Lipinski definition) is 7. The van der Waals surface area contributed by atoms with Crippen LogP contribution in [-0.4, -0.2) is 67.3 Å². The molecule has 0 saturated carbocycles. The van der Waals surface area contributed by atoms with Crippen molar-refractivity contribution in [3.8, 4) is 11.4 Å². The summed E-state index contributed by atoms with van der Waals surface area (Å²) >= 11 is 0. The summed E-state index contributed by atoms with van der Waals surface area (Å²) in [6, 6.07) is 7.01. The number of likely N-dealkylation sites (tertiary alicyclic amines) is 1. The van der Waals surface area contributed by atoms with Crippen LogP contribution in [0.4, 0.5) is 0 Å². The molecule has 1 fully saturated rings. The average Bonchev–Trinajstić information content (AvgIpc) is 3.24. The van der Waals surface area contributed by atoms with Gasteiger partial charge in [-0.25, -0.2) is 4.98 Å². The number of amides is 1. The van der Waals surface area contributed by atoms with Gasteiger partial charge in [0.15, 0.2) is 0 Å². The highest BCUT2D eigenvalue weighted by atomic mass is 16.5. The van der Waals surface area contributed by atoms with E-state index in [1.54, 1.807) is 46.2 Å². The molecule has 1 amide bonds. The zero-order valence-corrected chi connectivity index (χ0v) is 24.3. The van der Waals surface area contributed by atoms with E-state index in [0.29, 0.717) is 25.2 Å². The molecule has 2 N–H and O–H groups in total. The Hall–Kier alpha value is -3.50. The van der Waals surface area contributed by atoms with Crippen molar-refractivity contribution in [3.63, 3.8) is 0 Å². The minimum Gasteiger partial charge on any atom is -0.462 e. The molecule has 10 nitrogen and oxygen atoms in total.